The molecule has 0 radical (unpaired) electrons. The van der Waals surface area contributed by atoms with E-state index in [1.807, 2.05) is 62.4 Å². The molecule has 2 N–H and O–H groups in total. The minimum absolute atomic E-state index is 0.0824. The van der Waals surface area contributed by atoms with E-state index in [0.29, 0.717) is 12.4 Å². The van der Waals surface area contributed by atoms with E-state index in [4.69, 9.17) is 4.74 Å². The van der Waals surface area contributed by atoms with Gasteiger partial charge in [0, 0.05) is 6.04 Å². The van der Waals surface area contributed by atoms with Crippen molar-refractivity contribution in [1.29, 1.82) is 0 Å². The van der Waals surface area contributed by atoms with Crippen LogP contribution in [0.2, 0.25) is 0 Å². The van der Waals surface area contributed by atoms with E-state index in [1.165, 1.54) is 17.7 Å². The molecule has 2 unspecified atom stereocenters. The topological polar surface area (TPSA) is 84.5 Å². The smallest absolute Gasteiger partial charge is 0.241 e. The molecule has 34 heavy (non-hydrogen) atoms. The summed E-state index contributed by atoms with van der Waals surface area (Å²) >= 11 is 0. The molecule has 2 atom stereocenters. The summed E-state index contributed by atoms with van der Waals surface area (Å²) in [7, 11) is -3.91. The number of benzene rings is 3. The van der Waals surface area contributed by atoms with Crippen LogP contribution in [0.4, 0.5) is 0 Å². The molecule has 0 aliphatic heterocycles. The summed E-state index contributed by atoms with van der Waals surface area (Å²) in [6.07, 6.45) is 1.82. The first-order chi connectivity index (χ1) is 16.4. The summed E-state index contributed by atoms with van der Waals surface area (Å²) in [6, 6.07) is 24.6. The third-order valence-electron chi connectivity index (χ3n) is 5.44. The summed E-state index contributed by atoms with van der Waals surface area (Å²) in [6.45, 7) is 4.29. The second-order valence-electron chi connectivity index (χ2n) is 8.20. The molecular formula is C27H32N2O4S. The van der Waals surface area contributed by atoms with Gasteiger partial charge in [0.05, 0.1) is 11.5 Å². The Bertz CT molecular complexity index is 1130. The van der Waals surface area contributed by atoms with Crippen LogP contribution >= 0.6 is 0 Å². The Balaban J connectivity index is 1.71. The quantitative estimate of drug-likeness (QED) is 0.409. The standard InChI is InChI=1S/C27H32N2O4S/c1-3-33-24-16-18-25(19-17-24)34(31,32)29-26(20-23-12-8-5-9-13-23)27(30)28-21(2)14-15-22-10-6-4-7-11-22/h4-13,16-19,21,26,29H,3,14-15,20H2,1-2H3,(H,28,30). The Kier molecular flexibility index (Phi) is 9.24. The number of rotatable bonds is 12. The van der Waals surface area contributed by atoms with Gasteiger partial charge in [-0.15, -0.1) is 0 Å². The first kappa shape index (κ1) is 25.5. The molecule has 0 fully saturated rings. The molecule has 0 spiro atoms. The Hall–Kier alpha value is -3.16. The van der Waals surface area contributed by atoms with Gasteiger partial charge in [-0.3, -0.25) is 4.79 Å². The van der Waals surface area contributed by atoms with E-state index in [1.54, 1.807) is 12.1 Å². The highest BCUT2D eigenvalue weighted by Gasteiger charge is 2.27. The molecule has 1 amide bonds. The first-order valence-corrected chi connectivity index (χ1v) is 13.0. The molecule has 3 aromatic carbocycles. The molecule has 0 aliphatic rings. The fraction of sp³-hybridized carbons (Fsp3) is 0.296. The monoisotopic (exact) mass is 480 g/mol. The number of aryl methyl sites for hydroxylation is 1. The van der Waals surface area contributed by atoms with Gasteiger partial charge in [0.15, 0.2) is 0 Å². The largest absolute Gasteiger partial charge is 0.494 e. The van der Waals surface area contributed by atoms with Crippen molar-refractivity contribution in [1.82, 2.24) is 10.0 Å². The predicted octanol–water partition coefficient (Wildman–Crippen LogP) is 4.11. The first-order valence-electron chi connectivity index (χ1n) is 11.5. The van der Waals surface area contributed by atoms with Crippen LogP contribution in [0.3, 0.4) is 0 Å². The number of carbonyl (C=O) groups is 1. The summed E-state index contributed by atoms with van der Waals surface area (Å²) in [5, 5.41) is 2.98. The number of sulfonamides is 1. The lowest BCUT2D eigenvalue weighted by atomic mass is 10.0. The van der Waals surface area contributed by atoms with E-state index in [-0.39, 0.29) is 23.3 Å². The van der Waals surface area contributed by atoms with Gasteiger partial charge in [0.2, 0.25) is 15.9 Å². The average Bonchev–Trinajstić information content (AvgIpc) is 2.84. The summed E-state index contributed by atoms with van der Waals surface area (Å²) in [5.41, 5.74) is 2.06. The van der Waals surface area contributed by atoms with Crippen LogP contribution in [-0.4, -0.2) is 33.0 Å². The average molecular weight is 481 g/mol. The molecule has 0 aromatic heterocycles. The van der Waals surface area contributed by atoms with Gasteiger partial charge in [0.1, 0.15) is 11.8 Å². The molecule has 7 heteroatoms. The van der Waals surface area contributed by atoms with Crippen LogP contribution in [0.5, 0.6) is 5.75 Å². The van der Waals surface area contributed by atoms with Crippen molar-refractivity contribution in [3.63, 3.8) is 0 Å². The van der Waals surface area contributed by atoms with Gasteiger partial charge in [-0.05, 0) is 68.5 Å². The minimum Gasteiger partial charge on any atom is -0.494 e. The van der Waals surface area contributed by atoms with Gasteiger partial charge in [-0.25, -0.2) is 8.42 Å². The Morgan fingerprint density at radius 2 is 1.47 bits per heavy atom. The number of carbonyl (C=O) groups excluding carboxylic acids is 1. The third-order valence-corrected chi connectivity index (χ3v) is 6.93. The van der Waals surface area contributed by atoms with Crippen molar-refractivity contribution in [2.24, 2.45) is 0 Å². The highest BCUT2D eigenvalue weighted by Crippen LogP contribution is 2.17. The maximum atomic E-state index is 13.2. The van der Waals surface area contributed by atoms with Crippen molar-refractivity contribution in [3.05, 3.63) is 96.1 Å². The fourth-order valence-corrected chi connectivity index (χ4v) is 4.81. The van der Waals surface area contributed by atoms with Crippen LogP contribution in [0.25, 0.3) is 0 Å². The molecule has 0 saturated carbocycles. The van der Waals surface area contributed by atoms with Crippen LogP contribution in [-0.2, 0) is 27.7 Å². The number of hydrogen-bond donors (Lipinski definition) is 2. The van der Waals surface area contributed by atoms with E-state index < -0.39 is 16.1 Å². The minimum atomic E-state index is -3.91. The molecule has 3 aromatic rings. The summed E-state index contributed by atoms with van der Waals surface area (Å²) in [5.74, 6) is 0.242. The van der Waals surface area contributed by atoms with Crippen LogP contribution in [0.15, 0.2) is 89.8 Å². The highest BCUT2D eigenvalue weighted by molar-refractivity contribution is 7.89. The number of hydrogen-bond acceptors (Lipinski definition) is 4. The fourth-order valence-electron chi connectivity index (χ4n) is 3.62. The second kappa shape index (κ2) is 12.3. The molecule has 180 valence electrons. The normalized spacial score (nSPS) is 13.1. The summed E-state index contributed by atoms with van der Waals surface area (Å²) < 4.78 is 34.1. The van der Waals surface area contributed by atoms with Crippen molar-refractivity contribution < 1.29 is 17.9 Å². The van der Waals surface area contributed by atoms with Crippen LogP contribution in [0.1, 0.15) is 31.4 Å². The van der Waals surface area contributed by atoms with Gasteiger partial charge in [0.25, 0.3) is 0 Å². The van der Waals surface area contributed by atoms with Crippen molar-refractivity contribution in [2.75, 3.05) is 6.61 Å². The van der Waals surface area contributed by atoms with Gasteiger partial charge in [-0.1, -0.05) is 60.7 Å². The van der Waals surface area contributed by atoms with Gasteiger partial charge >= 0.3 is 0 Å². The molecule has 0 saturated heterocycles. The Morgan fingerprint density at radius 1 is 0.882 bits per heavy atom. The van der Waals surface area contributed by atoms with E-state index in [2.05, 4.69) is 22.2 Å². The number of ether oxygens (including phenoxy) is 1. The van der Waals surface area contributed by atoms with E-state index in [0.717, 1.165) is 18.4 Å². The van der Waals surface area contributed by atoms with Crippen LogP contribution in [0, 0.1) is 0 Å². The SMILES string of the molecule is CCOc1ccc(S(=O)(=O)NC(Cc2ccccc2)C(=O)NC(C)CCc2ccccc2)cc1. The zero-order valence-corrected chi connectivity index (χ0v) is 20.4. The predicted molar refractivity (Wildman–Crippen MR) is 134 cm³/mol. The zero-order valence-electron chi connectivity index (χ0n) is 19.6. The van der Waals surface area contributed by atoms with E-state index >= 15 is 0 Å². The second-order valence-corrected chi connectivity index (χ2v) is 9.92. The Labute approximate surface area is 202 Å². The zero-order chi connectivity index (χ0) is 24.4. The highest BCUT2D eigenvalue weighted by atomic mass is 32.2. The number of amides is 1. The van der Waals surface area contributed by atoms with Gasteiger partial charge in [-0.2, -0.15) is 4.72 Å². The van der Waals surface area contributed by atoms with Crippen molar-refractivity contribution in [2.45, 2.75) is 50.1 Å². The van der Waals surface area contributed by atoms with Crippen molar-refractivity contribution in [3.8, 4) is 5.75 Å². The van der Waals surface area contributed by atoms with E-state index in [9.17, 15) is 13.2 Å². The Morgan fingerprint density at radius 3 is 2.06 bits per heavy atom. The molecule has 0 aliphatic carbocycles. The molecular weight excluding hydrogens is 448 g/mol. The maximum Gasteiger partial charge on any atom is 0.241 e. The molecule has 0 bridgehead atoms. The van der Waals surface area contributed by atoms with Gasteiger partial charge < -0.3 is 10.1 Å². The molecule has 0 heterocycles. The summed E-state index contributed by atoms with van der Waals surface area (Å²) in [4.78, 5) is 13.2. The van der Waals surface area contributed by atoms with Crippen molar-refractivity contribution >= 4 is 15.9 Å². The van der Waals surface area contributed by atoms with Crippen LogP contribution < -0.4 is 14.8 Å². The number of nitrogens with one attached hydrogen (secondary N) is 2. The molecule has 3 rings (SSSR count). The maximum absolute atomic E-state index is 13.2. The lowest BCUT2D eigenvalue weighted by Crippen LogP contribution is -2.50. The lowest BCUT2D eigenvalue weighted by molar-refractivity contribution is -0.123. The molecule has 6 nitrogen and oxygen atoms in total. The lowest BCUT2D eigenvalue weighted by Gasteiger charge is -2.22. The third kappa shape index (κ3) is 7.71.